The lowest BCUT2D eigenvalue weighted by molar-refractivity contribution is -0.140. The van der Waals surface area contributed by atoms with Crippen molar-refractivity contribution in [3.8, 4) is 5.75 Å². The van der Waals surface area contributed by atoms with Gasteiger partial charge in [0, 0.05) is 19.5 Å². The second-order valence-corrected chi connectivity index (χ2v) is 12.9. The molecule has 9 heteroatoms. The van der Waals surface area contributed by atoms with Crippen LogP contribution < -0.4 is 14.4 Å². The van der Waals surface area contributed by atoms with Crippen LogP contribution in [0.1, 0.15) is 34.7 Å². The van der Waals surface area contributed by atoms with Crippen molar-refractivity contribution in [2.45, 2.75) is 51.6 Å². The quantitative estimate of drug-likeness (QED) is 0.209. The number of likely N-dealkylation sites (N-methyl/N-ethyl adjacent to an activating group) is 1. The fourth-order valence-corrected chi connectivity index (χ4v) is 6.58. The van der Waals surface area contributed by atoms with Crippen LogP contribution in [0.2, 0.25) is 0 Å². The Labute approximate surface area is 266 Å². The van der Waals surface area contributed by atoms with Gasteiger partial charge in [-0.05, 0) is 74.2 Å². The maximum absolute atomic E-state index is 14.6. The van der Waals surface area contributed by atoms with Crippen LogP contribution in [0.25, 0.3) is 0 Å². The molecule has 4 aromatic rings. The Morgan fingerprint density at radius 3 is 2.13 bits per heavy atom. The van der Waals surface area contributed by atoms with Crippen LogP contribution in [0.15, 0.2) is 102 Å². The third-order valence-electron chi connectivity index (χ3n) is 7.71. The number of rotatable bonds is 13. The predicted molar refractivity (Wildman–Crippen MR) is 178 cm³/mol. The average Bonchev–Trinajstić information content (AvgIpc) is 3.03. The summed E-state index contributed by atoms with van der Waals surface area (Å²) in [4.78, 5) is 29.8. The molecule has 0 aliphatic rings. The van der Waals surface area contributed by atoms with Crippen molar-refractivity contribution >= 4 is 27.5 Å². The van der Waals surface area contributed by atoms with Crippen molar-refractivity contribution in [2.24, 2.45) is 0 Å². The molecule has 0 bridgehead atoms. The fraction of sp³-hybridized carbons (Fsp3) is 0.278. The number of nitrogens with zero attached hydrogens (tertiary/aromatic N) is 2. The van der Waals surface area contributed by atoms with E-state index in [1.165, 1.54) is 24.1 Å². The lowest BCUT2D eigenvalue weighted by Gasteiger charge is -2.34. The highest BCUT2D eigenvalue weighted by Crippen LogP contribution is 2.34. The third-order valence-corrected chi connectivity index (χ3v) is 9.49. The van der Waals surface area contributed by atoms with Gasteiger partial charge in [-0.1, -0.05) is 78.4 Å². The van der Waals surface area contributed by atoms with Crippen molar-refractivity contribution in [2.75, 3.05) is 24.5 Å². The molecule has 1 atom stereocenters. The topological polar surface area (TPSA) is 96.0 Å². The minimum atomic E-state index is -4.24. The van der Waals surface area contributed by atoms with E-state index in [2.05, 4.69) is 5.32 Å². The third kappa shape index (κ3) is 8.10. The fourth-order valence-electron chi connectivity index (χ4n) is 5.16. The van der Waals surface area contributed by atoms with Gasteiger partial charge >= 0.3 is 0 Å². The highest BCUT2D eigenvalue weighted by Gasteiger charge is 2.35. The number of carbonyl (C=O) groups excluding carboxylic acids is 2. The lowest BCUT2D eigenvalue weighted by Crippen LogP contribution is -2.53. The highest BCUT2D eigenvalue weighted by molar-refractivity contribution is 7.92. The first-order valence-corrected chi connectivity index (χ1v) is 16.4. The zero-order valence-corrected chi connectivity index (χ0v) is 27.3. The molecule has 8 nitrogen and oxygen atoms in total. The van der Waals surface area contributed by atoms with Gasteiger partial charge in [-0.3, -0.25) is 13.9 Å². The molecule has 45 heavy (non-hydrogen) atoms. The molecule has 0 aliphatic carbocycles. The second-order valence-electron chi connectivity index (χ2n) is 11.0. The molecule has 0 fully saturated rings. The van der Waals surface area contributed by atoms with Crippen LogP contribution >= 0.6 is 0 Å². The van der Waals surface area contributed by atoms with E-state index < -0.39 is 28.5 Å². The summed E-state index contributed by atoms with van der Waals surface area (Å²) in [7, 11) is -2.78. The van der Waals surface area contributed by atoms with Gasteiger partial charge in [-0.15, -0.1) is 0 Å². The summed E-state index contributed by atoms with van der Waals surface area (Å²) in [5, 5.41) is 2.89. The van der Waals surface area contributed by atoms with E-state index in [1.54, 1.807) is 24.3 Å². The maximum Gasteiger partial charge on any atom is 0.264 e. The zero-order valence-electron chi connectivity index (χ0n) is 26.5. The monoisotopic (exact) mass is 627 g/mol. The van der Waals surface area contributed by atoms with E-state index in [1.807, 2.05) is 88.4 Å². The van der Waals surface area contributed by atoms with E-state index in [4.69, 9.17) is 4.74 Å². The summed E-state index contributed by atoms with van der Waals surface area (Å²) in [6.07, 6.45) is 0.253. The zero-order chi connectivity index (χ0) is 32.6. The lowest BCUT2D eigenvalue weighted by atomic mass is 10.0. The van der Waals surface area contributed by atoms with Gasteiger partial charge in [-0.25, -0.2) is 8.42 Å². The van der Waals surface area contributed by atoms with Crippen molar-refractivity contribution in [1.82, 2.24) is 10.2 Å². The standard InChI is InChI=1S/C36H41N3O5S/c1-6-37-36(41)33(23-29-13-8-7-9-14-29)38(24-30-15-11-10-12-28(30)4)35(40)25-39(32-22-27(3)18-21-34(32)44-5)45(42,43)31-19-16-26(2)17-20-31/h7-22,33H,6,23-25H2,1-5H3,(H,37,41). The predicted octanol–water partition coefficient (Wildman–Crippen LogP) is 5.59. The molecular weight excluding hydrogens is 586 g/mol. The summed E-state index contributed by atoms with van der Waals surface area (Å²) in [6.45, 7) is 7.43. The van der Waals surface area contributed by atoms with Crippen LogP contribution in [0.5, 0.6) is 5.75 Å². The first-order valence-electron chi connectivity index (χ1n) is 14.9. The largest absolute Gasteiger partial charge is 0.495 e. The maximum atomic E-state index is 14.6. The molecule has 4 rings (SSSR count). The normalized spacial score (nSPS) is 11.8. The number of benzene rings is 4. The highest BCUT2D eigenvalue weighted by atomic mass is 32.2. The Morgan fingerprint density at radius 2 is 1.49 bits per heavy atom. The van der Waals surface area contributed by atoms with Gasteiger partial charge in [0.05, 0.1) is 17.7 Å². The number of ether oxygens (including phenoxy) is 1. The number of methoxy groups -OCH3 is 1. The summed E-state index contributed by atoms with van der Waals surface area (Å²) in [5.74, 6) is -0.534. The van der Waals surface area contributed by atoms with E-state index in [0.717, 1.165) is 32.1 Å². The summed E-state index contributed by atoms with van der Waals surface area (Å²) in [6, 6.07) is 27.9. The number of nitrogens with one attached hydrogen (secondary N) is 1. The molecule has 0 heterocycles. The first-order chi connectivity index (χ1) is 21.5. The molecule has 0 radical (unpaired) electrons. The Balaban J connectivity index is 1.85. The Bertz CT molecular complexity index is 1720. The van der Waals surface area contributed by atoms with E-state index in [-0.39, 0.29) is 29.5 Å². The molecule has 0 spiro atoms. The summed E-state index contributed by atoms with van der Waals surface area (Å²) in [5.41, 5.74) is 4.62. The average molecular weight is 628 g/mol. The number of hydrogen-bond acceptors (Lipinski definition) is 5. The van der Waals surface area contributed by atoms with Crippen LogP contribution in [0.4, 0.5) is 5.69 Å². The molecule has 4 aromatic carbocycles. The number of carbonyl (C=O) groups is 2. The van der Waals surface area contributed by atoms with Gasteiger partial charge in [0.25, 0.3) is 10.0 Å². The van der Waals surface area contributed by atoms with Gasteiger partial charge in [0.1, 0.15) is 18.3 Å². The van der Waals surface area contributed by atoms with Crippen LogP contribution in [0.3, 0.4) is 0 Å². The van der Waals surface area contributed by atoms with Gasteiger partial charge < -0.3 is 15.0 Å². The van der Waals surface area contributed by atoms with Crippen LogP contribution in [-0.2, 0) is 32.6 Å². The van der Waals surface area contributed by atoms with Crippen molar-refractivity contribution < 1.29 is 22.7 Å². The van der Waals surface area contributed by atoms with Crippen molar-refractivity contribution in [3.05, 3.63) is 125 Å². The molecule has 0 saturated heterocycles. The molecule has 0 aromatic heterocycles. The first kappa shape index (κ1) is 33.3. The molecular formula is C36H41N3O5S. The Kier molecular flexibility index (Phi) is 11.0. The van der Waals surface area contributed by atoms with Gasteiger partial charge in [-0.2, -0.15) is 0 Å². The number of sulfonamides is 1. The molecule has 1 N–H and O–H groups in total. The molecule has 2 amide bonds. The smallest absolute Gasteiger partial charge is 0.264 e. The molecule has 0 aliphatic heterocycles. The number of aryl methyl sites for hydroxylation is 3. The van der Waals surface area contributed by atoms with Crippen molar-refractivity contribution in [3.63, 3.8) is 0 Å². The summed E-state index contributed by atoms with van der Waals surface area (Å²) < 4.78 is 35.3. The molecule has 236 valence electrons. The summed E-state index contributed by atoms with van der Waals surface area (Å²) >= 11 is 0. The SMILES string of the molecule is CCNC(=O)C(Cc1ccccc1)N(Cc1ccccc1C)C(=O)CN(c1cc(C)ccc1OC)S(=O)(=O)c1ccc(C)cc1. The number of anilines is 1. The number of hydrogen-bond donors (Lipinski definition) is 1. The van der Waals surface area contributed by atoms with Crippen LogP contribution in [-0.4, -0.2) is 51.4 Å². The van der Waals surface area contributed by atoms with E-state index in [9.17, 15) is 18.0 Å². The Hall–Kier alpha value is -4.63. The molecule has 1 unspecified atom stereocenters. The molecule has 0 saturated carbocycles. The van der Waals surface area contributed by atoms with Gasteiger partial charge in [0.2, 0.25) is 11.8 Å². The second kappa shape index (κ2) is 14.9. The van der Waals surface area contributed by atoms with E-state index >= 15 is 0 Å². The Morgan fingerprint density at radius 1 is 0.844 bits per heavy atom. The van der Waals surface area contributed by atoms with Gasteiger partial charge in [0.15, 0.2) is 0 Å². The van der Waals surface area contributed by atoms with Crippen LogP contribution in [0, 0.1) is 20.8 Å². The number of amides is 2. The van der Waals surface area contributed by atoms with E-state index in [0.29, 0.717) is 12.3 Å². The van der Waals surface area contributed by atoms with Crippen molar-refractivity contribution in [1.29, 1.82) is 0 Å². The minimum Gasteiger partial charge on any atom is -0.495 e. The minimum absolute atomic E-state index is 0.0412.